The van der Waals surface area contributed by atoms with E-state index in [9.17, 15) is 14.9 Å². The van der Waals surface area contributed by atoms with Crippen LogP contribution in [0.1, 0.15) is 27.3 Å². The second-order valence-electron chi connectivity index (χ2n) is 6.72. The number of non-ortho nitro benzene ring substituents is 1. The molecule has 0 N–H and O–H groups in total. The van der Waals surface area contributed by atoms with Gasteiger partial charge in [0, 0.05) is 17.0 Å². The van der Waals surface area contributed by atoms with Crippen molar-refractivity contribution in [3.63, 3.8) is 0 Å². The Morgan fingerprint density at radius 2 is 1.83 bits per heavy atom. The number of carbonyl (C=O) groups is 1. The van der Waals surface area contributed by atoms with Crippen LogP contribution >= 0.6 is 11.8 Å². The summed E-state index contributed by atoms with van der Waals surface area (Å²) in [5.74, 6) is 0.409. The van der Waals surface area contributed by atoms with Gasteiger partial charge in [0.25, 0.3) is 11.6 Å². The number of carbonyl (C=O) groups excluding carboxylic acids is 1. The lowest BCUT2D eigenvalue weighted by Crippen LogP contribution is -2.22. The minimum atomic E-state index is -0.433. The van der Waals surface area contributed by atoms with E-state index in [1.54, 1.807) is 12.1 Å². The zero-order valence-corrected chi connectivity index (χ0v) is 17.4. The van der Waals surface area contributed by atoms with Crippen LogP contribution in [0.4, 0.5) is 5.69 Å². The van der Waals surface area contributed by atoms with Crippen LogP contribution in [0.5, 0.6) is 5.75 Å². The maximum absolute atomic E-state index is 12.6. The van der Waals surface area contributed by atoms with Crippen molar-refractivity contribution in [2.45, 2.75) is 37.5 Å². The van der Waals surface area contributed by atoms with Gasteiger partial charge in [0.2, 0.25) is 0 Å². The van der Waals surface area contributed by atoms with Gasteiger partial charge in [0.05, 0.1) is 21.2 Å². The van der Waals surface area contributed by atoms with Crippen molar-refractivity contribution in [1.82, 2.24) is 9.78 Å². The van der Waals surface area contributed by atoms with Crippen molar-refractivity contribution in [2.24, 2.45) is 0 Å². The van der Waals surface area contributed by atoms with Crippen molar-refractivity contribution in [3.05, 3.63) is 75.1 Å². The summed E-state index contributed by atoms with van der Waals surface area (Å²) >= 11 is 1.42. The monoisotopic (exact) mass is 411 g/mol. The van der Waals surface area contributed by atoms with Crippen LogP contribution in [0, 0.1) is 37.8 Å². The van der Waals surface area contributed by atoms with Gasteiger partial charge in [-0.2, -0.15) is 5.10 Å². The molecule has 150 valence electrons. The molecule has 3 rings (SSSR count). The van der Waals surface area contributed by atoms with Crippen molar-refractivity contribution in [1.29, 1.82) is 0 Å². The summed E-state index contributed by atoms with van der Waals surface area (Å²) in [6, 6.07) is 12.1. The van der Waals surface area contributed by atoms with Gasteiger partial charge >= 0.3 is 0 Å². The van der Waals surface area contributed by atoms with E-state index in [1.165, 1.54) is 28.6 Å². The van der Waals surface area contributed by atoms with Crippen molar-refractivity contribution < 1.29 is 14.5 Å². The first-order chi connectivity index (χ1) is 13.8. The standard InChI is InChI=1S/C21H21N3O4S/c1-13-5-10-19(14(2)11-13)28-12-20(25)23-16(4)21(15(3)22-23)29-18-8-6-17(7-9-18)24(26)27/h5-11H,12H2,1-4H3. The predicted octanol–water partition coefficient (Wildman–Crippen LogP) is 4.90. The van der Waals surface area contributed by atoms with E-state index >= 15 is 0 Å². The molecule has 8 heteroatoms. The molecule has 0 fully saturated rings. The van der Waals surface area contributed by atoms with Gasteiger partial charge in [-0.15, -0.1) is 0 Å². The molecule has 0 unspecified atom stereocenters. The van der Waals surface area contributed by atoms with Crippen LogP contribution in [0.2, 0.25) is 0 Å². The Balaban J connectivity index is 1.74. The van der Waals surface area contributed by atoms with Crippen molar-refractivity contribution in [2.75, 3.05) is 6.61 Å². The Hall–Kier alpha value is -3.13. The molecular weight excluding hydrogens is 390 g/mol. The van der Waals surface area contributed by atoms with E-state index in [1.807, 2.05) is 45.9 Å². The first-order valence-corrected chi connectivity index (χ1v) is 9.79. The number of nitrogens with zero attached hydrogens (tertiary/aromatic N) is 3. The average molecular weight is 411 g/mol. The molecule has 7 nitrogen and oxygen atoms in total. The molecule has 0 bridgehead atoms. The summed E-state index contributed by atoms with van der Waals surface area (Å²) in [4.78, 5) is 24.7. The normalized spacial score (nSPS) is 10.8. The summed E-state index contributed by atoms with van der Waals surface area (Å²) in [7, 11) is 0. The van der Waals surface area contributed by atoms with Gasteiger partial charge < -0.3 is 4.74 Å². The third-order valence-corrected chi connectivity index (χ3v) is 5.71. The summed E-state index contributed by atoms with van der Waals surface area (Å²) in [5.41, 5.74) is 3.57. The molecule has 1 heterocycles. The molecule has 0 spiro atoms. The molecule has 0 aliphatic carbocycles. The Morgan fingerprint density at radius 1 is 1.14 bits per heavy atom. The second-order valence-corrected chi connectivity index (χ2v) is 7.80. The lowest BCUT2D eigenvalue weighted by molar-refractivity contribution is -0.384. The number of benzene rings is 2. The number of aryl methyl sites for hydroxylation is 3. The summed E-state index contributed by atoms with van der Waals surface area (Å²) in [5, 5.41) is 15.2. The lowest BCUT2D eigenvalue weighted by atomic mass is 10.1. The first-order valence-electron chi connectivity index (χ1n) is 8.98. The molecule has 3 aromatic rings. The fraction of sp³-hybridized carbons (Fsp3) is 0.238. The molecule has 29 heavy (non-hydrogen) atoms. The maximum Gasteiger partial charge on any atom is 0.285 e. The quantitative estimate of drug-likeness (QED) is 0.424. The zero-order chi connectivity index (χ0) is 21.1. The fourth-order valence-electron chi connectivity index (χ4n) is 2.93. The number of nitro groups is 1. The van der Waals surface area contributed by atoms with Crippen LogP contribution in [0.25, 0.3) is 0 Å². The third-order valence-electron chi connectivity index (χ3n) is 4.41. The van der Waals surface area contributed by atoms with E-state index < -0.39 is 4.92 Å². The van der Waals surface area contributed by atoms with E-state index in [2.05, 4.69) is 5.10 Å². The first kappa shape index (κ1) is 20.6. The van der Waals surface area contributed by atoms with Crippen LogP contribution < -0.4 is 4.74 Å². The zero-order valence-electron chi connectivity index (χ0n) is 16.6. The highest BCUT2D eigenvalue weighted by atomic mass is 32.2. The number of nitro benzene ring substituents is 1. The minimum absolute atomic E-state index is 0.0391. The van der Waals surface area contributed by atoms with Gasteiger partial charge in [-0.3, -0.25) is 14.9 Å². The predicted molar refractivity (Wildman–Crippen MR) is 111 cm³/mol. The highest BCUT2D eigenvalue weighted by molar-refractivity contribution is 7.99. The second kappa shape index (κ2) is 8.48. The summed E-state index contributed by atoms with van der Waals surface area (Å²) in [6.07, 6.45) is 0. The number of aromatic nitrogens is 2. The van der Waals surface area contributed by atoms with Crippen molar-refractivity contribution in [3.8, 4) is 5.75 Å². The molecule has 0 radical (unpaired) electrons. The van der Waals surface area contributed by atoms with E-state index in [-0.39, 0.29) is 18.2 Å². The van der Waals surface area contributed by atoms with Gasteiger partial charge in [-0.05, 0) is 51.5 Å². The Labute approximate surface area is 172 Å². The molecule has 0 saturated carbocycles. The van der Waals surface area contributed by atoms with Gasteiger partial charge in [-0.1, -0.05) is 29.5 Å². The highest BCUT2D eigenvalue weighted by Crippen LogP contribution is 2.33. The number of hydrogen-bond donors (Lipinski definition) is 0. The SMILES string of the molecule is Cc1ccc(OCC(=O)n2nc(C)c(Sc3ccc([N+](=O)[O-])cc3)c2C)c(C)c1. The topological polar surface area (TPSA) is 87.3 Å². The van der Waals surface area contributed by atoms with Gasteiger partial charge in [-0.25, -0.2) is 4.68 Å². The number of rotatable bonds is 6. The minimum Gasteiger partial charge on any atom is -0.483 e. The van der Waals surface area contributed by atoms with Crippen LogP contribution in [-0.2, 0) is 0 Å². The Morgan fingerprint density at radius 3 is 2.45 bits per heavy atom. The maximum atomic E-state index is 12.6. The molecular formula is C21H21N3O4S. The Kier molecular flexibility index (Phi) is 6.03. The highest BCUT2D eigenvalue weighted by Gasteiger charge is 2.18. The fourth-order valence-corrected chi connectivity index (χ4v) is 3.87. The third kappa shape index (κ3) is 4.65. The molecule has 0 atom stereocenters. The van der Waals surface area contributed by atoms with E-state index in [4.69, 9.17) is 4.74 Å². The van der Waals surface area contributed by atoms with Crippen LogP contribution in [-0.4, -0.2) is 27.2 Å². The summed E-state index contributed by atoms with van der Waals surface area (Å²) in [6.45, 7) is 7.47. The average Bonchev–Trinajstić information content (AvgIpc) is 2.96. The van der Waals surface area contributed by atoms with E-state index in [0.29, 0.717) is 17.1 Å². The van der Waals surface area contributed by atoms with Crippen LogP contribution in [0.3, 0.4) is 0 Å². The largest absolute Gasteiger partial charge is 0.483 e. The summed E-state index contributed by atoms with van der Waals surface area (Å²) < 4.78 is 7.04. The smallest absolute Gasteiger partial charge is 0.285 e. The number of ether oxygens (including phenoxy) is 1. The molecule has 0 aliphatic heterocycles. The molecule has 1 aromatic heterocycles. The van der Waals surface area contributed by atoms with Crippen LogP contribution in [0.15, 0.2) is 52.3 Å². The Bertz CT molecular complexity index is 1070. The van der Waals surface area contributed by atoms with E-state index in [0.717, 1.165) is 20.9 Å². The molecule has 0 aliphatic rings. The molecule has 0 saturated heterocycles. The van der Waals surface area contributed by atoms with Gasteiger partial charge in [0.1, 0.15) is 5.75 Å². The van der Waals surface area contributed by atoms with Gasteiger partial charge in [0.15, 0.2) is 6.61 Å². The molecule has 0 amide bonds. The molecule has 2 aromatic carbocycles. The lowest BCUT2D eigenvalue weighted by Gasteiger charge is -2.10. The van der Waals surface area contributed by atoms with Crippen molar-refractivity contribution >= 4 is 23.4 Å². The number of hydrogen-bond acceptors (Lipinski definition) is 6.